The van der Waals surface area contributed by atoms with Crippen molar-refractivity contribution in [2.45, 2.75) is 6.42 Å². The van der Waals surface area contributed by atoms with Crippen molar-refractivity contribution in [2.24, 2.45) is 0 Å². The van der Waals surface area contributed by atoms with Gasteiger partial charge in [0, 0.05) is 37.9 Å². The zero-order valence-electron chi connectivity index (χ0n) is 18.6. The first kappa shape index (κ1) is 22.2. The molecule has 3 aromatic rings. The average molecular weight is 463 g/mol. The first-order valence-electron chi connectivity index (χ1n) is 11.3. The molecule has 0 bridgehead atoms. The van der Waals surface area contributed by atoms with Crippen LogP contribution in [0.15, 0.2) is 60.8 Å². The van der Waals surface area contributed by atoms with E-state index in [1.165, 1.54) is 24.4 Å². The molecule has 1 amide bonds. The molecule has 0 radical (unpaired) electrons. The highest BCUT2D eigenvalue weighted by Crippen LogP contribution is 2.29. The van der Waals surface area contributed by atoms with Crippen LogP contribution in [0.3, 0.4) is 0 Å². The van der Waals surface area contributed by atoms with Crippen molar-refractivity contribution in [2.75, 3.05) is 44.3 Å². The molecule has 5 rings (SSSR count). The van der Waals surface area contributed by atoms with Crippen LogP contribution in [0.5, 0.6) is 0 Å². The number of hydrogen-bond donors (Lipinski definition) is 0. The number of hydrogen-bond acceptors (Lipinski definition) is 5. The molecule has 0 spiro atoms. The van der Waals surface area contributed by atoms with Crippen molar-refractivity contribution in [3.63, 3.8) is 0 Å². The summed E-state index contributed by atoms with van der Waals surface area (Å²) in [6.07, 6.45) is 4.11. The van der Waals surface area contributed by atoms with Gasteiger partial charge in [0.2, 0.25) is 5.95 Å². The third-order valence-corrected chi connectivity index (χ3v) is 6.14. The van der Waals surface area contributed by atoms with Crippen LogP contribution in [0.1, 0.15) is 22.3 Å². The molecule has 2 aromatic carbocycles. The van der Waals surface area contributed by atoms with Crippen LogP contribution in [0.25, 0.3) is 16.8 Å². The highest BCUT2D eigenvalue weighted by atomic mass is 19.1. The number of anilines is 1. The first-order chi connectivity index (χ1) is 16.6. The normalized spacial score (nSPS) is 16.4. The second-order valence-electron chi connectivity index (χ2n) is 8.25. The lowest BCUT2D eigenvalue weighted by Crippen LogP contribution is -2.38. The van der Waals surface area contributed by atoms with E-state index in [0.29, 0.717) is 51.8 Å². The summed E-state index contributed by atoms with van der Waals surface area (Å²) in [5.41, 5.74) is 2.83. The molecule has 34 heavy (non-hydrogen) atoms. The summed E-state index contributed by atoms with van der Waals surface area (Å²) in [4.78, 5) is 26.2. The number of benzene rings is 2. The highest BCUT2D eigenvalue weighted by molar-refractivity contribution is 6.00. The smallest absolute Gasteiger partial charge is 0.257 e. The van der Waals surface area contributed by atoms with E-state index in [1.807, 2.05) is 11.0 Å². The number of carbonyl (C=O) groups is 1. The summed E-state index contributed by atoms with van der Waals surface area (Å²) in [5.74, 6) is -0.519. The van der Waals surface area contributed by atoms with Crippen LogP contribution in [-0.4, -0.2) is 60.2 Å². The Morgan fingerprint density at radius 3 is 2.44 bits per heavy atom. The predicted molar refractivity (Wildman–Crippen MR) is 125 cm³/mol. The summed E-state index contributed by atoms with van der Waals surface area (Å²) >= 11 is 0. The molecule has 174 valence electrons. The zero-order valence-corrected chi connectivity index (χ0v) is 18.6. The van der Waals surface area contributed by atoms with Gasteiger partial charge < -0.3 is 14.5 Å². The minimum absolute atomic E-state index is 0.249. The van der Waals surface area contributed by atoms with Gasteiger partial charge in [0.25, 0.3) is 5.91 Å². The van der Waals surface area contributed by atoms with Gasteiger partial charge in [-0.1, -0.05) is 30.3 Å². The van der Waals surface area contributed by atoms with E-state index in [1.54, 1.807) is 35.2 Å². The molecule has 0 aliphatic carbocycles. The number of carbonyl (C=O) groups excluding carboxylic acids is 1. The van der Waals surface area contributed by atoms with Crippen LogP contribution in [0.2, 0.25) is 0 Å². The van der Waals surface area contributed by atoms with Gasteiger partial charge in [0.05, 0.1) is 24.5 Å². The van der Waals surface area contributed by atoms with Gasteiger partial charge in [-0.25, -0.2) is 18.7 Å². The Bertz CT molecular complexity index is 1220. The minimum Gasteiger partial charge on any atom is -0.378 e. The summed E-state index contributed by atoms with van der Waals surface area (Å²) in [7, 11) is 0. The molecular formula is C26H24F2N4O2. The van der Waals surface area contributed by atoms with Crippen LogP contribution in [0.4, 0.5) is 14.7 Å². The number of ether oxygens (including phenoxy) is 1. The van der Waals surface area contributed by atoms with E-state index in [2.05, 4.69) is 9.97 Å². The van der Waals surface area contributed by atoms with Crippen molar-refractivity contribution in [1.82, 2.24) is 14.9 Å². The van der Waals surface area contributed by atoms with Crippen molar-refractivity contribution in [3.8, 4) is 11.3 Å². The number of amides is 1. The Kier molecular flexibility index (Phi) is 6.31. The summed E-state index contributed by atoms with van der Waals surface area (Å²) in [6.45, 7) is 3.28. The molecule has 0 N–H and O–H groups in total. The number of halogens is 2. The van der Waals surface area contributed by atoms with Gasteiger partial charge in [-0.2, -0.15) is 0 Å². The lowest BCUT2D eigenvalue weighted by Gasteiger charge is -2.29. The van der Waals surface area contributed by atoms with E-state index in [4.69, 9.17) is 4.74 Å². The van der Waals surface area contributed by atoms with Gasteiger partial charge in [-0.15, -0.1) is 0 Å². The monoisotopic (exact) mass is 462 g/mol. The molecule has 2 aliphatic rings. The number of aromatic nitrogens is 2. The fourth-order valence-corrected chi connectivity index (χ4v) is 4.25. The second kappa shape index (κ2) is 9.69. The van der Waals surface area contributed by atoms with Crippen molar-refractivity contribution in [1.29, 1.82) is 0 Å². The molecule has 1 saturated heterocycles. The van der Waals surface area contributed by atoms with Gasteiger partial charge >= 0.3 is 0 Å². The van der Waals surface area contributed by atoms with Gasteiger partial charge in [0.15, 0.2) is 0 Å². The fourth-order valence-electron chi connectivity index (χ4n) is 4.25. The average Bonchev–Trinajstić information content (AvgIpc) is 2.89. The molecular weight excluding hydrogens is 438 g/mol. The maximum atomic E-state index is 14.7. The number of rotatable bonds is 4. The minimum atomic E-state index is -0.444. The standard InChI is InChI=1S/C26H24F2N4O2/c27-20-7-5-18(6-8-20)19-9-11-31(12-10-19)25(33)22-17-29-26(32-13-15-34-16-14-32)30-24(22)21-3-1-2-4-23(21)28/h1-9,17H,10-16H2. The Morgan fingerprint density at radius 1 is 0.971 bits per heavy atom. The second-order valence-corrected chi connectivity index (χ2v) is 8.25. The molecule has 3 heterocycles. The Hall–Kier alpha value is -3.65. The lowest BCUT2D eigenvalue weighted by atomic mass is 9.98. The van der Waals surface area contributed by atoms with Crippen LogP contribution >= 0.6 is 0 Å². The van der Waals surface area contributed by atoms with Crippen LogP contribution in [0, 0.1) is 11.6 Å². The van der Waals surface area contributed by atoms with Crippen LogP contribution in [-0.2, 0) is 4.74 Å². The largest absolute Gasteiger partial charge is 0.378 e. The third-order valence-electron chi connectivity index (χ3n) is 6.14. The van der Waals surface area contributed by atoms with E-state index >= 15 is 0 Å². The number of nitrogens with zero attached hydrogens (tertiary/aromatic N) is 4. The molecule has 2 aliphatic heterocycles. The first-order valence-corrected chi connectivity index (χ1v) is 11.3. The summed E-state index contributed by atoms with van der Waals surface area (Å²) in [6, 6.07) is 12.7. The van der Waals surface area contributed by atoms with E-state index in [-0.39, 0.29) is 28.5 Å². The molecule has 6 nitrogen and oxygen atoms in total. The summed E-state index contributed by atoms with van der Waals surface area (Å²) in [5, 5.41) is 0. The molecule has 1 fully saturated rings. The maximum Gasteiger partial charge on any atom is 0.257 e. The molecule has 0 atom stereocenters. The SMILES string of the molecule is O=C(c1cnc(N2CCOCC2)nc1-c1ccccc1F)N1CC=C(c2ccc(F)cc2)CC1. The van der Waals surface area contributed by atoms with Gasteiger partial charge in [0.1, 0.15) is 11.6 Å². The predicted octanol–water partition coefficient (Wildman–Crippen LogP) is 4.19. The van der Waals surface area contributed by atoms with E-state index in [9.17, 15) is 13.6 Å². The van der Waals surface area contributed by atoms with Gasteiger partial charge in [-0.3, -0.25) is 4.79 Å². The Labute approximate surface area is 196 Å². The summed E-state index contributed by atoms with van der Waals surface area (Å²) < 4.78 is 33.4. The molecule has 0 unspecified atom stereocenters. The number of morpholine rings is 1. The maximum absolute atomic E-state index is 14.7. The highest BCUT2D eigenvalue weighted by Gasteiger charge is 2.26. The third kappa shape index (κ3) is 4.54. The Balaban J connectivity index is 1.45. The quantitative estimate of drug-likeness (QED) is 0.582. The van der Waals surface area contributed by atoms with E-state index in [0.717, 1.165) is 11.1 Å². The van der Waals surface area contributed by atoms with Crippen LogP contribution < -0.4 is 4.90 Å². The lowest BCUT2D eigenvalue weighted by molar-refractivity contribution is 0.0772. The van der Waals surface area contributed by atoms with Crippen molar-refractivity contribution in [3.05, 3.63) is 83.6 Å². The Morgan fingerprint density at radius 2 is 1.74 bits per heavy atom. The van der Waals surface area contributed by atoms with Gasteiger partial charge in [-0.05, 0) is 41.8 Å². The zero-order chi connectivity index (χ0) is 23.5. The van der Waals surface area contributed by atoms with E-state index < -0.39 is 5.82 Å². The van der Waals surface area contributed by atoms with Crippen molar-refractivity contribution >= 4 is 17.4 Å². The molecule has 0 saturated carbocycles. The molecule has 8 heteroatoms. The van der Waals surface area contributed by atoms with Crippen molar-refractivity contribution < 1.29 is 18.3 Å². The molecule has 1 aromatic heterocycles. The fraction of sp³-hybridized carbons (Fsp3) is 0.269. The topological polar surface area (TPSA) is 58.6 Å².